The number of aryl methyl sites for hydroxylation is 1. The number of rotatable bonds is 7. The molecule has 1 aromatic rings. The van der Waals surface area contributed by atoms with Gasteiger partial charge in [-0.2, -0.15) is 0 Å². The van der Waals surface area contributed by atoms with E-state index >= 15 is 0 Å². The van der Waals surface area contributed by atoms with Gasteiger partial charge in [0, 0.05) is 5.75 Å². The highest BCUT2D eigenvalue weighted by atomic mass is 32.2. The molecule has 0 aliphatic heterocycles. The molecule has 1 aromatic carbocycles. The lowest BCUT2D eigenvalue weighted by Crippen LogP contribution is -2.12. The van der Waals surface area contributed by atoms with Crippen molar-refractivity contribution in [3.05, 3.63) is 29.3 Å². The molecule has 108 valence electrons. The lowest BCUT2D eigenvalue weighted by molar-refractivity contribution is 0.199. The molecule has 1 N–H and O–H groups in total. The van der Waals surface area contributed by atoms with Gasteiger partial charge in [-0.1, -0.05) is 13.0 Å². The molecular weight excluding hydrogens is 264 g/mol. The van der Waals surface area contributed by atoms with Gasteiger partial charge in [0.15, 0.2) is 0 Å². The second kappa shape index (κ2) is 6.91. The van der Waals surface area contributed by atoms with Crippen LogP contribution in [0.3, 0.4) is 0 Å². The highest BCUT2D eigenvalue weighted by molar-refractivity contribution is 7.91. The molecule has 0 radical (unpaired) electrons. The van der Waals surface area contributed by atoms with E-state index in [1.165, 1.54) is 0 Å². The van der Waals surface area contributed by atoms with Crippen molar-refractivity contribution in [1.29, 1.82) is 0 Å². The molecule has 19 heavy (non-hydrogen) atoms. The number of benzene rings is 1. The van der Waals surface area contributed by atoms with Crippen molar-refractivity contribution in [2.24, 2.45) is 0 Å². The first-order valence-corrected chi connectivity index (χ1v) is 8.29. The zero-order valence-corrected chi connectivity index (χ0v) is 12.5. The van der Waals surface area contributed by atoms with Gasteiger partial charge in [-0.05, 0) is 43.5 Å². The minimum absolute atomic E-state index is 0.161. The molecule has 1 unspecified atom stereocenters. The zero-order valence-electron chi connectivity index (χ0n) is 11.7. The predicted octanol–water partition coefficient (Wildman–Crippen LogP) is 2.25. The third-order valence-corrected chi connectivity index (χ3v) is 4.77. The summed E-state index contributed by atoms with van der Waals surface area (Å²) >= 11 is 0. The van der Waals surface area contributed by atoms with Crippen LogP contribution in [-0.2, 0) is 9.84 Å². The second-order valence-corrected chi connectivity index (χ2v) is 7.11. The lowest BCUT2D eigenvalue weighted by atomic mass is 10.1. The van der Waals surface area contributed by atoms with Gasteiger partial charge in [0.05, 0.1) is 18.5 Å². The summed E-state index contributed by atoms with van der Waals surface area (Å²) in [6.07, 6.45) is -0.00392. The van der Waals surface area contributed by atoms with Crippen molar-refractivity contribution < 1.29 is 18.3 Å². The van der Waals surface area contributed by atoms with Crippen molar-refractivity contribution in [3.8, 4) is 5.75 Å². The van der Waals surface area contributed by atoms with Gasteiger partial charge >= 0.3 is 0 Å². The fourth-order valence-electron chi connectivity index (χ4n) is 1.70. The normalized spacial score (nSPS) is 13.3. The van der Waals surface area contributed by atoms with E-state index in [9.17, 15) is 13.5 Å². The molecule has 0 heterocycles. The van der Waals surface area contributed by atoms with E-state index < -0.39 is 15.9 Å². The standard InChI is InChI=1S/C14H22O4S/c1-4-19(16,17)9-5-8-18-14-7-6-13(12(3)15)10-11(14)2/h6-7,10,12,15H,4-5,8-9H2,1-3H3. The quantitative estimate of drug-likeness (QED) is 0.781. The zero-order chi connectivity index (χ0) is 14.5. The smallest absolute Gasteiger partial charge is 0.150 e. The van der Waals surface area contributed by atoms with Crippen LogP contribution in [0.25, 0.3) is 0 Å². The molecule has 1 atom stereocenters. The van der Waals surface area contributed by atoms with E-state index in [0.717, 1.165) is 16.9 Å². The summed E-state index contributed by atoms with van der Waals surface area (Å²) in [7, 11) is -2.92. The molecule has 0 aromatic heterocycles. The van der Waals surface area contributed by atoms with E-state index in [1.807, 2.05) is 25.1 Å². The summed E-state index contributed by atoms with van der Waals surface area (Å²) < 4.78 is 28.2. The van der Waals surface area contributed by atoms with E-state index in [2.05, 4.69) is 0 Å². The molecule has 0 saturated carbocycles. The number of ether oxygens (including phenoxy) is 1. The molecule has 0 saturated heterocycles. The van der Waals surface area contributed by atoms with Gasteiger partial charge in [0.1, 0.15) is 15.6 Å². The van der Waals surface area contributed by atoms with Crippen molar-refractivity contribution in [3.63, 3.8) is 0 Å². The first-order chi connectivity index (χ1) is 8.85. The number of hydrogen-bond acceptors (Lipinski definition) is 4. The van der Waals surface area contributed by atoms with Crippen LogP contribution in [0.2, 0.25) is 0 Å². The van der Waals surface area contributed by atoms with Crippen LogP contribution in [0.4, 0.5) is 0 Å². The van der Waals surface area contributed by atoms with Gasteiger partial charge < -0.3 is 9.84 Å². The summed E-state index contributed by atoms with van der Waals surface area (Å²) in [5.41, 5.74) is 1.79. The van der Waals surface area contributed by atoms with Crippen LogP contribution in [0.15, 0.2) is 18.2 Å². The average Bonchev–Trinajstić information content (AvgIpc) is 2.36. The summed E-state index contributed by atoms with van der Waals surface area (Å²) in [6, 6.07) is 5.50. The van der Waals surface area contributed by atoms with Crippen LogP contribution in [0.5, 0.6) is 5.75 Å². The van der Waals surface area contributed by atoms with Gasteiger partial charge in [-0.15, -0.1) is 0 Å². The predicted molar refractivity (Wildman–Crippen MR) is 76.3 cm³/mol. The maximum atomic E-state index is 11.3. The molecule has 0 spiro atoms. The van der Waals surface area contributed by atoms with Gasteiger partial charge in [-0.3, -0.25) is 0 Å². The summed E-state index contributed by atoms with van der Waals surface area (Å²) in [5, 5.41) is 9.46. The Morgan fingerprint density at radius 2 is 2.05 bits per heavy atom. The van der Waals surface area contributed by atoms with E-state index in [0.29, 0.717) is 13.0 Å². The van der Waals surface area contributed by atoms with Crippen LogP contribution < -0.4 is 4.74 Å². The van der Waals surface area contributed by atoms with Crippen LogP contribution in [-0.4, -0.2) is 31.6 Å². The Balaban J connectivity index is 2.50. The molecule has 0 amide bonds. The Kier molecular flexibility index (Phi) is 5.82. The fraction of sp³-hybridized carbons (Fsp3) is 0.571. The van der Waals surface area contributed by atoms with Gasteiger partial charge in [0.2, 0.25) is 0 Å². The number of aliphatic hydroxyl groups is 1. The molecule has 0 bridgehead atoms. The van der Waals surface area contributed by atoms with Crippen LogP contribution in [0.1, 0.15) is 37.5 Å². The minimum Gasteiger partial charge on any atom is -0.493 e. The Hall–Kier alpha value is -1.07. The Morgan fingerprint density at radius 1 is 1.37 bits per heavy atom. The van der Waals surface area contributed by atoms with Gasteiger partial charge in [-0.25, -0.2) is 8.42 Å². The largest absolute Gasteiger partial charge is 0.493 e. The number of hydrogen-bond donors (Lipinski definition) is 1. The number of aliphatic hydroxyl groups excluding tert-OH is 1. The molecule has 0 fully saturated rings. The van der Waals surface area contributed by atoms with E-state index in [-0.39, 0.29) is 11.5 Å². The molecule has 4 nitrogen and oxygen atoms in total. The maximum absolute atomic E-state index is 11.3. The van der Waals surface area contributed by atoms with Crippen LogP contribution >= 0.6 is 0 Å². The topological polar surface area (TPSA) is 63.6 Å². The Bertz CT molecular complexity index is 506. The third-order valence-electron chi connectivity index (χ3n) is 2.98. The van der Waals surface area contributed by atoms with E-state index in [1.54, 1.807) is 13.8 Å². The Labute approximate surface area is 115 Å². The summed E-state index contributed by atoms with van der Waals surface area (Å²) in [6.45, 7) is 5.65. The molecule has 5 heteroatoms. The minimum atomic E-state index is -2.92. The average molecular weight is 286 g/mol. The monoisotopic (exact) mass is 286 g/mol. The number of sulfone groups is 1. The van der Waals surface area contributed by atoms with Gasteiger partial charge in [0.25, 0.3) is 0 Å². The lowest BCUT2D eigenvalue weighted by Gasteiger charge is -2.12. The van der Waals surface area contributed by atoms with Crippen LogP contribution in [0, 0.1) is 6.92 Å². The maximum Gasteiger partial charge on any atom is 0.150 e. The second-order valence-electron chi connectivity index (χ2n) is 4.64. The van der Waals surface area contributed by atoms with E-state index in [4.69, 9.17) is 4.74 Å². The SMILES string of the molecule is CCS(=O)(=O)CCCOc1ccc(C(C)O)cc1C. The van der Waals surface area contributed by atoms with Crippen molar-refractivity contribution in [1.82, 2.24) is 0 Å². The summed E-state index contributed by atoms with van der Waals surface area (Å²) in [5.74, 6) is 1.07. The third kappa shape index (κ3) is 5.20. The highest BCUT2D eigenvalue weighted by Crippen LogP contribution is 2.22. The summed E-state index contributed by atoms with van der Waals surface area (Å²) in [4.78, 5) is 0. The Morgan fingerprint density at radius 3 is 2.58 bits per heavy atom. The highest BCUT2D eigenvalue weighted by Gasteiger charge is 2.08. The molecular formula is C14H22O4S. The molecule has 0 aliphatic rings. The van der Waals surface area contributed by atoms with Crippen molar-refractivity contribution in [2.75, 3.05) is 18.1 Å². The van der Waals surface area contributed by atoms with Crippen molar-refractivity contribution in [2.45, 2.75) is 33.3 Å². The first-order valence-electron chi connectivity index (χ1n) is 6.47. The molecule has 1 rings (SSSR count). The molecule has 0 aliphatic carbocycles. The van der Waals surface area contributed by atoms with Crippen molar-refractivity contribution >= 4 is 9.84 Å². The fourth-order valence-corrected chi connectivity index (χ4v) is 2.55. The first kappa shape index (κ1) is 16.0.